The molecule has 0 aromatic heterocycles. The van der Waals surface area contributed by atoms with Gasteiger partial charge >= 0.3 is 0 Å². The van der Waals surface area contributed by atoms with Crippen LogP contribution in [0.5, 0.6) is 5.75 Å². The van der Waals surface area contributed by atoms with E-state index in [-0.39, 0.29) is 11.7 Å². The highest BCUT2D eigenvalue weighted by molar-refractivity contribution is 7.91. The van der Waals surface area contributed by atoms with Crippen molar-refractivity contribution in [3.05, 3.63) is 59.2 Å². The van der Waals surface area contributed by atoms with Crippen LogP contribution in [0.25, 0.3) is 0 Å². The average molecular weight is 411 g/mol. The summed E-state index contributed by atoms with van der Waals surface area (Å²) in [6, 6.07) is 15.1. The average Bonchev–Trinajstić information content (AvgIpc) is 3.41. The Morgan fingerprint density at radius 1 is 1.14 bits per heavy atom. The number of sulfone groups is 1. The van der Waals surface area contributed by atoms with Gasteiger partial charge in [0.1, 0.15) is 5.75 Å². The van der Waals surface area contributed by atoms with Crippen molar-refractivity contribution in [3.8, 4) is 11.8 Å². The Morgan fingerprint density at radius 3 is 2.59 bits per heavy atom. The Bertz CT molecular complexity index is 1020. The fourth-order valence-corrected chi connectivity index (χ4v) is 5.84. The molecule has 2 fully saturated rings. The molecule has 1 atom stereocenters. The monoisotopic (exact) mass is 410 g/mol. The largest absolute Gasteiger partial charge is 0.490 e. The molecule has 152 valence electrons. The smallest absolute Gasteiger partial charge is 0.179 e. The number of nitriles is 1. The number of hydrogen-bond acceptors (Lipinski definition) is 5. The van der Waals surface area contributed by atoms with Crippen LogP contribution < -0.4 is 4.74 Å². The zero-order chi connectivity index (χ0) is 20.4. The SMILES string of the molecule is Cc1ccc(C#N)cc1S(=O)(=O)C[C@@H]1CCN(Cc2ccc(OC3CC3)cc2)C1. The second-order valence-electron chi connectivity index (χ2n) is 8.22. The Hall–Kier alpha value is -2.36. The van der Waals surface area contributed by atoms with Crippen molar-refractivity contribution in [1.82, 2.24) is 4.90 Å². The molecular formula is C23H26N2O3S. The molecule has 2 aliphatic rings. The maximum Gasteiger partial charge on any atom is 0.179 e. The highest BCUT2D eigenvalue weighted by Gasteiger charge is 2.29. The second-order valence-corrected chi connectivity index (χ2v) is 10.2. The Morgan fingerprint density at radius 2 is 1.90 bits per heavy atom. The Labute approximate surface area is 172 Å². The van der Waals surface area contributed by atoms with Gasteiger partial charge in [-0.1, -0.05) is 18.2 Å². The summed E-state index contributed by atoms with van der Waals surface area (Å²) in [6.07, 6.45) is 3.58. The molecule has 2 aromatic carbocycles. The summed E-state index contributed by atoms with van der Waals surface area (Å²) in [5.41, 5.74) is 2.30. The van der Waals surface area contributed by atoms with Crippen molar-refractivity contribution >= 4 is 9.84 Å². The molecule has 4 rings (SSSR count). The van der Waals surface area contributed by atoms with E-state index in [2.05, 4.69) is 17.0 Å². The molecule has 0 unspecified atom stereocenters. The summed E-state index contributed by atoms with van der Waals surface area (Å²) in [4.78, 5) is 2.61. The van der Waals surface area contributed by atoms with Crippen LogP contribution in [0, 0.1) is 24.2 Å². The number of likely N-dealkylation sites (tertiary alicyclic amines) is 1. The maximum absolute atomic E-state index is 12.9. The molecule has 0 bridgehead atoms. The van der Waals surface area contributed by atoms with Crippen LogP contribution in [0.3, 0.4) is 0 Å². The van der Waals surface area contributed by atoms with Gasteiger partial charge in [0.2, 0.25) is 0 Å². The number of hydrogen-bond donors (Lipinski definition) is 0. The number of nitrogens with zero attached hydrogens (tertiary/aromatic N) is 2. The molecule has 1 saturated heterocycles. The van der Waals surface area contributed by atoms with Crippen LogP contribution in [0.2, 0.25) is 0 Å². The zero-order valence-electron chi connectivity index (χ0n) is 16.7. The van der Waals surface area contributed by atoms with Crippen LogP contribution in [0.15, 0.2) is 47.4 Å². The highest BCUT2D eigenvalue weighted by atomic mass is 32.2. The van der Waals surface area contributed by atoms with Gasteiger partial charge in [0.15, 0.2) is 9.84 Å². The predicted octanol–water partition coefficient (Wildman–Crippen LogP) is 3.70. The minimum atomic E-state index is -3.41. The first-order valence-corrected chi connectivity index (χ1v) is 11.8. The van der Waals surface area contributed by atoms with E-state index in [1.165, 1.54) is 11.6 Å². The van der Waals surface area contributed by atoms with Gasteiger partial charge in [-0.05, 0) is 74.0 Å². The van der Waals surface area contributed by atoms with E-state index in [9.17, 15) is 8.42 Å². The van der Waals surface area contributed by atoms with Gasteiger partial charge in [-0.15, -0.1) is 0 Å². The number of aryl methyl sites for hydroxylation is 1. The number of ether oxygens (including phenoxy) is 1. The summed E-state index contributed by atoms with van der Waals surface area (Å²) in [5, 5.41) is 9.08. The van der Waals surface area contributed by atoms with Crippen LogP contribution >= 0.6 is 0 Å². The molecule has 2 aromatic rings. The first kappa shape index (κ1) is 19.9. The third-order valence-electron chi connectivity index (χ3n) is 5.63. The quantitative estimate of drug-likeness (QED) is 0.696. The lowest BCUT2D eigenvalue weighted by molar-refractivity contribution is 0.302. The molecular weight excluding hydrogens is 384 g/mol. The molecule has 0 radical (unpaired) electrons. The lowest BCUT2D eigenvalue weighted by atomic mass is 10.1. The molecule has 1 heterocycles. The van der Waals surface area contributed by atoms with Crippen molar-refractivity contribution in [2.45, 2.75) is 43.7 Å². The maximum atomic E-state index is 12.9. The molecule has 0 N–H and O–H groups in total. The molecule has 1 saturated carbocycles. The summed E-state index contributed by atoms with van der Waals surface area (Å²) in [5.74, 6) is 1.17. The fourth-order valence-electron chi connectivity index (χ4n) is 3.91. The van der Waals surface area contributed by atoms with E-state index >= 15 is 0 Å². The van der Waals surface area contributed by atoms with E-state index < -0.39 is 9.84 Å². The molecule has 29 heavy (non-hydrogen) atoms. The van der Waals surface area contributed by atoms with Gasteiger partial charge in [0, 0.05) is 13.1 Å². The van der Waals surface area contributed by atoms with Crippen LogP contribution in [0.4, 0.5) is 0 Å². The van der Waals surface area contributed by atoms with E-state index in [0.717, 1.165) is 44.6 Å². The molecule has 1 aliphatic carbocycles. The van der Waals surface area contributed by atoms with E-state index in [0.29, 0.717) is 22.1 Å². The molecule has 5 nitrogen and oxygen atoms in total. The van der Waals surface area contributed by atoms with E-state index in [4.69, 9.17) is 10.00 Å². The normalized spacial score (nSPS) is 19.8. The summed E-state index contributed by atoms with van der Waals surface area (Å²) >= 11 is 0. The topological polar surface area (TPSA) is 70.4 Å². The minimum absolute atomic E-state index is 0.114. The zero-order valence-corrected chi connectivity index (χ0v) is 17.5. The van der Waals surface area contributed by atoms with Gasteiger partial charge in [-0.25, -0.2) is 8.42 Å². The van der Waals surface area contributed by atoms with Crippen LogP contribution in [-0.4, -0.2) is 38.3 Å². The fraction of sp³-hybridized carbons (Fsp3) is 0.435. The Balaban J connectivity index is 1.35. The second kappa shape index (κ2) is 8.17. The molecule has 0 spiro atoms. The van der Waals surface area contributed by atoms with Crippen LogP contribution in [0.1, 0.15) is 36.0 Å². The van der Waals surface area contributed by atoms with Crippen molar-refractivity contribution in [2.24, 2.45) is 5.92 Å². The first-order valence-electron chi connectivity index (χ1n) is 10.1. The lowest BCUT2D eigenvalue weighted by Gasteiger charge is -2.17. The van der Waals surface area contributed by atoms with Crippen LogP contribution in [-0.2, 0) is 16.4 Å². The third kappa shape index (κ3) is 4.98. The van der Waals surface area contributed by atoms with Gasteiger partial charge in [0.25, 0.3) is 0 Å². The summed E-state index contributed by atoms with van der Waals surface area (Å²) < 4.78 is 31.7. The van der Waals surface area contributed by atoms with E-state index in [1.54, 1.807) is 19.1 Å². The molecule has 0 amide bonds. The van der Waals surface area contributed by atoms with Crippen molar-refractivity contribution in [2.75, 3.05) is 18.8 Å². The molecule has 6 heteroatoms. The highest BCUT2D eigenvalue weighted by Crippen LogP contribution is 2.28. The third-order valence-corrected chi connectivity index (χ3v) is 7.65. The van der Waals surface area contributed by atoms with Gasteiger partial charge in [-0.3, -0.25) is 4.90 Å². The lowest BCUT2D eigenvalue weighted by Crippen LogP contribution is -2.23. The van der Waals surface area contributed by atoms with Crippen molar-refractivity contribution < 1.29 is 13.2 Å². The first-order chi connectivity index (χ1) is 13.9. The summed E-state index contributed by atoms with van der Waals surface area (Å²) in [6.45, 7) is 4.28. The summed E-state index contributed by atoms with van der Waals surface area (Å²) in [7, 11) is -3.41. The Kier molecular flexibility index (Phi) is 5.62. The van der Waals surface area contributed by atoms with Gasteiger partial charge in [0.05, 0.1) is 28.4 Å². The van der Waals surface area contributed by atoms with Crippen molar-refractivity contribution in [1.29, 1.82) is 5.26 Å². The standard InChI is InChI=1S/C23H26N2O3S/c1-17-2-3-19(13-24)12-23(17)29(26,27)16-20-10-11-25(15-20)14-18-4-6-21(7-5-18)28-22-8-9-22/h2-7,12,20,22H,8-11,14-16H2,1H3/t20-/m1/s1. The molecule has 1 aliphatic heterocycles. The van der Waals surface area contributed by atoms with Crippen molar-refractivity contribution in [3.63, 3.8) is 0 Å². The number of rotatable bonds is 7. The van der Waals surface area contributed by atoms with E-state index in [1.807, 2.05) is 18.2 Å². The van der Waals surface area contributed by atoms with Gasteiger partial charge in [-0.2, -0.15) is 5.26 Å². The predicted molar refractivity (Wildman–Crippen MR) is 111 cm³/mol. The van der Waals surface area contributed by atoms with Gasteiger partial charge < -0.3 is 4.74 Å². The minimum Gasteiger partial charge on any atom is -0.490 e. The number of benzene rings is 2.